The monoisotopic (exact) mass is 379 g/mol. The molecule has 5 nitrogen and oxygen atoms in total. The quantitative estimate of drug-likeness (QED) is 0.770. The predicted octanol–water partition coefficient (Wildman–Crippen LogP) is 4.63. The van der Waals surface area contributed by atoms with Crippen molar-refractivity contribution in [2.45, 2.75) is 44.8 Å². The van der Waals surface area contributed by atoms with E-state index in [0.717, 1.165) is 41.9 Å². The van der Waals surface area contributed by atoms with Crippen molar-refractivity contribution in [3.8, 4) is 17.2 Å². The van der Waals surface area contributed by atoms with E-state index in [0.29, 0.717) is 5.75 Å². The number of carbonyl (C=O) groups excluding carboxylic acids is 1. The molecular formula is C23H25NO4. The summed E-state index contributed by atoms with van der Waals surface area (Å²) < 4.78 is 17.0. The van der Waals surface area contributed by atoms with Crippen LogP contribution in [-0.4, -0.2) is 18.3 Å². The fourth-order valence-corrected chi connectivity index (χ4v) is 3.84. The van der Waals surface area contributed by atoms with Crippen LogP contribution in [0.3, 0.4) is 0 Å². The maximum absolute atomic E-state index is 12.6. The van der Waals surface area contributed by atoms with Gasteiger partial charge in [0.2, 0.25) is 12.7 Å². The minimum atomic E-state index is -0.243. The first-order valence-electron chi connectivity index (χ1n) is 9.78. The first kappa shape index (κ1) is 18.4. The van der Waals surface area contributed by atoms with Gasteiger partial charge < -0.3 is 19.5 Å². The third-order valence-corrected chi connectivity index (χ3v) is 5.63. The molecule has 2 aromatic carbocycles. The van der Waals surface area contributed by atoms with Gasteiger partial charge in [0.25, 0.3) is 0 Å². The molecule has 1 N–H and O–H groups in total. The van der Waals surface area contributed by atoms with Crippen molar-refractivity contribution >= 4 is 12.0 Å². The third kappa shape index (κ3) is 3.57. The minimum absolute atomic E-state index is 0.0706. The topological polar surface area (TPSA) is 56.8 Å². The lowest BCUT2D eigenvalue weighted by Crippen LogP contribution is -2.44. The van der Waals surface area contributed by atoms with Crippen LogP contribution in [-0.2, 0) is 4.79 Å². The van der Waals surface area contributed by atoms with Crippen LogP contribution in [0, 0.1) is 0 Å². The number of amides is 1. The van der Waals surface area contributed by atoms with Gasteiger partial charge in [0.1, 0.15) is 11.4 Å². The number of para-hydroxylation sites is 1. The minimum Gasteiger partial charge on any atom is -0.487 e. The molecule has 2 heterocycles. The van der Waals surface area contributed by atoms with E-state index in [9.17, 15) is 4.79 Å². The Labute approximate surface area is 165 Å². The van der Waals surface area contributed by atoms with E-state index >= 15 is 0 Å². The van der Waals surface area contributed by atoms with Gasteiger partial charge in [0, 0.05) is 18.1 Å². The Morgan fingerprint density at radius 2 is 1.89 bits per heavy atom. The van der Waals surface area contributed by atoms with Crippen LogP contribution in [0.1, 0.15) is 50.3 Å². The molecule has 2 aromatic rings. The first-order chi connectivity index (χ1) is 13.6. The number of hydrogen-bond acceptors (Lipinski definition) is 4. The molecule has 0 radical (unpaired) electrons. The second-order valence-corrected chi connectivity index (χ2v) is 7.24. The Hall–Kier alpha value is -2.95. The summed E-state index contributed by atoms with van der Waals surface area (Å²) >= 11 is 0. The van der Waals surface area contributed by atoms with Gasteiger partial charge >= 0.3 is 0 Å². The van der Waals surface area contributed by atoms with Gasteiger partial charge in [-0.25, -0.2) is 0 Å². The summed E-state index contributed by atoms with van der Waals surface area (Å²) in [4.78, 5) is 12.6. The van der Waals surface area contributed by atoms with Gasteiger partial charge in [0.15, 0.2) is 11.5 Å². The Kier molecular flexibility index (Phi) is 4.99. The van der Waals surface area contributed by atoms with Crippen LogP contribution in [0.2, 0.25) is 0 Å². The number of hydrogen-bond donors (Lipinski definition) is 1. The highest BCUT2D eigenvalue weighted by Gasteiger charge is 2.38. The van der Waals surface area contributed by atoms with Crippen molar-refractivity contribution in [3.05, 3.63) is 59.7 Å². The molecule has 2 aliphatic rings. The summed E-state index contributed by atoms with van der Waals surface area (Å²) in [6, 6.07) is 13.5. The molecule has 0 spiro atoms. The first-order valence-corrected chi connectivity index (χ1v) is 9.78. The van der Waals surface area contributed by atoms with E-state index < -0.39 is 0 Å². The number of fused-ring (bicyclic) bond motifs is 2. The summed E-state index contributed by atoms with van der Waals surface area (Å²) in [5, 5.41) is 3.16. The van der Waals surface area contributed by atoms with Crippen LogP contribution in [0.15, 0.2) is 48.5 Å². The summed E-state index contributed by atoms with van der Waals surface area (Å²) in [6.45, 7) is 4.51. The molecule has 1 atom stereocenters. The third-order valence-electron chi connectivity index (χ3n) is 5.63. The molecule has 4 rings (SSSR count). The van der Waals surface area contributed by atoms with E-state index in [1.807, 2.05) is 42.5 Å². The number of carbonyl (C=O) groups is 1. The van der Waals surface area contributed by atoms with Gasteiger partial charge in [-0.15, -0.1) is 0 Å². The molecule has 0 fully saturated rings. The van der Waals surface area contributed by atoms with Gasteiger partial charge in [-0.3, -0.25) is 4.79 Å². The molecule has 0 saturated heterocycles. The predicted molar refractivity (Wildman–Crippen MR) is 107 cm³/mol. The van der Waals surface area contributed by atoms with Gasteiger partial charge in [-0.05, 0) is 42.7 Å². The van der Waals surface area contributed by atoms with E-state index in [2.05, 4.69) is 19.2 Å². The van der Waals surface area contributed by atoms with Crippen molar-refractivity contribution in [2.75, 3.05) is 6.79 Å². The zero-order valence-electron chi connectivity index (χ0n) is 16.2. The highest BCUT2D eigenvalue weighted by atomic mass is 16.7. The number of benzene rings is 2. The molecule has 0 bridgehead atoms. The average molecular weight is 379 g/mol. The summed E-state index contributed by atoms with van der Waals surface area (Å²) in [7, 11) is 0. The molecule has 0 unspecified atom stereocenters. The lowest BCUT2D eigenvalue weighted by Gasteiger charge is -2.41. The van der Waals surface area contributed by atoms with Crippen molar-refractivity contribution in [1.82, 2.24) is 5.32 Å². The van der Waals surface area contributed by atoms with Crippen molar-refractivity contribution in [2.24, 2.45) is 0 Å². The Bertz CT molecular complexity index is 901. The largest absolute Gasteiger partial charge is 0.487 e. The Morgan fingerprint density at radius 1 is 1.11 bits per heavy atom. The van der Waals surface area contributed by atoms with Crippen molar-refractivity contribution in [1.29, 1.82) is 0 Å². The summed E-state index contributed by atoms with van der Waals surface area (Å²) in [5.74, 6) is 2.18. The van der Waals surface area contributed by atoms with E-state index in [-0.39, 0.29) is 24.3 Å². The van der Waals surface area contributed by atoms with Crippen LogP contribution < -0.4 is 19.5 Å². The second-order valence-electron chi connectivity index (χ2n) is 7.24. The summed E-state index contributed by atoms with van der Waals surface area (Å²) in [5.41, 5.74) is 1.68. The molecule has 1 amide bonds. The molecule has 0 saturated carbocycles. The number of rotatable bonds is 5. The molecule has 146 valence electrons. The van der Waals surface area contributed by atoms with Crippen LogP contribution in [0.4, 0.5) is 0 Å². The number of nitrogens with one attached hydrogen (secondary N) is 1. The van der Waals surface area contributed by atoms with Crippen molar-refractivity contribution < 1.29 is 19.0 Å². The molecular weight excluding hydrogens is 354 g/mol. The lowest BCUT2D eigenvalue weighted by atomic mass is 9.83. The SMILES string of the molecule is CCC1(CC)C[C@H](NC(=O)/C=C/c2ccc3c(c2)OCO3)c2ccccc2O1. The Morgan fingerprint density at radius 3 is 2.71 bits per heavy atom. The lowest BCUT2D eigenvalue weighted by molar-refractivity contribution is -0.117. The maximum Gasteiger partial charge on any atom is 0.244 e. The smallest absolute Gasteiger partial charge is 0.244 e. The fraction of sp³-hybridized carbons (Fsp3) is 0.348. The molecule has 0 aliphatic carbocycles. The van der Waals surface area contributed by atoms with Crippen LogP contribution in [0.25, 0.3) is 6.08 Å². The Balaban J connectivity index is 1.50. The van der Waals surface area contributed by atoms with Crippen LogP contribution in [0.5, 0.6) is 17.2 Å². The van der Waals surface area contributed by atoms with E-state index in [4.69, 9.17) is 14.2 Å². The highest BCUT2D eigenvalue weighted by molar-refractivity contribution is 5.92. The van der Waals surface area contributed by atoms with Crippen molar-refractivity contribution in [3.63, 3.8) is 0 Å². The zero-order valence-corrected chi connectivity index (χ0v) is 16.2. The standard InChI is InChI=1S/C23H25NO4/c1-3-23(4-2)14-18(17-7-5-6-8-19(17)28-23)24-22(25)12-10-16-9-11-20-21(13-16)27-15-26-20/h5-13,18H,3-4,14-15H2,1-2H3,(H,24,25)/b12-10+/t18-/m0/s1. The number of ether oxygens (including phenoxy) is 3. The van der Waals surface area contributed by atoms with Gasteiger partial charge in [-0.1, -0.05) is 38.1 Å². The van der Waals surface area contributed by atoms with Gasteiger partial charge in [0.05, 0.1) is 6.04 Å². The molecule has 2 aliphatic heterocycles. The second kappa shape index (κ2) is 7.58. The summed E-state index contributed by atoms with van der Waals surface area (Å²) in [6.07, 6.45) is 5.92. The van der Waals surface area contributed by atoms with E-state index in [1.165, 1.54) is 0 Å². The van der Waals surface area contributed by atoms with Crippen LogP contribution >= 0.6 is 0 Å². The van der Waals surface area contributed by atoms with E-state index in [1.54, 1.807) is 12.2 Å². The normalized spacial score (nSPS) is 19.1. The maximum atomic E-state index is 12.6. The molecule has 0 aromatic heterocycles. The highest BCUT2D eigenvalue weighted by Crippen LogP contribution is 2.42. The average Bonchev–Trinajstić information content (AvgIpc) is 3.20. The van der Waals surface area contributed by atoms with Gasteiger partial charge in [-0.2, -0.15) is 0 Å². The molecule has 28 heavy (non-hydrogen) atoms. The fourth-order valence-electron chi connectivity index (χ4n) is 3.84. The molecule has 5 heteroatoms. The zero-order chi connectivity index (χ0) is 19.6.